The Balaban J connectivity index is 2.46. The van der Waals surface area contributed by atoms with Crippen LogP contribution in [0.5, 0.6) is 0 Å². The van der Waals surface area contributed by atoms with E-state index in [-0.39, 0.29) is 6.03 Å². The Labute approximate surface area is 70.1 Å². The summed E-state index contributed by atoms with van der Waals surface area (Å²) in [5.41, 5.74) is 0.738. The van der Waals surface area contributed by atoms with Gasteiger partial charge >= 0.3 is 6.03 Å². The van der Waals surface area contributed by atoms with E-state index in [1.165, 1.54) is 0 Å². The van der Waals surface area contributed by atoms with Gasteiger partial charge < -0.3 is 9.84 Å². The van der Waals surface area contributed by atoms with E-state index in [2.05, 4.69) is 15.8 Å². The Morgan fingerprint density at radius 3 is 3.00 bits per heavy atom. The fourth-order valence-electron chi connectivity index (χ4n) is 0.739. The van der Waals surface area contributed by atoms with E-state index < -0.39 is 0 Å². The van der Waals surface area contributed by atoms with Gasteiger partial charge in [0, 0.05) is 12.6 Å². The van der Waals surface area contributed by atoms with Crippen LogP contribution in [0.25, 0.3) is 0 Å². The van der Waals surface area contributed by atoms with Crippen molar-refractivity contribution in [2.75, 3.05) is 11.9 Å². The molecule has 1 rings (SSSR count). The summed E-state index contributed by atoms with van der Waals surface area (Å²) in [5, 5.41) is 8.66. The lowest BCUT2D eigenvalue weighted by Gasteiger charge is -1.99. The number of rotatable bonds is 2. The van der Waals surface area contributed by atoms with Crippen LogP contribution in [0.3, 0.4) is 0 Å². The third kappa shape index (κ3) is 2.26. The molecule has 2 amide bonds. The molecule has 0 atom stereocenters. The standard InChI is InChI=1S/C7H11N3O2/c1-3-8-7(11)9-6-4-5(2)10-12-6/h4H,3H2,1-2H3,(H2,8,9,11). The average molecular weight is 169 g/mol. The Morgan fingerprint density at radius 2 is 2.50 bits per heavy atom. The number of aromatic nitrogens is 1. The monoisotopic (exact) mass is 169 g/mol. The number of nitrogens with one attached hydrogen (secondary N) is 2. The lowest BCUT2D eigenvalue weighted by molar-refractivity contribution is 0.251. The summed E-state index contributed by atoms with van der Waals surface area (Å²) in [5.74, 6) is 0.360. The van der Waals surface area contributed by atoms with Crippen molar-refractivity contribution in [3.8, 4) is 0 Å². The highest BCUT2D eigenvalue weighted by atomic mass is 16.5. The number of carbonyl (C=O) groups excluding carboxylic acids is 1. The normalized spacial score (nSPS) is 9.50. The minimum Gasteiger partial charge on any atom is -0.338 e. The summed E-state index contributed by atoms with van der Waals surface area (Å²) >= 11 is 0. The molecule has 2 N–H and O–H groups in total. The van der Waals surface area contributed by atoms with Crippen LogP contribution in [0.1, 0.15) is 12.6 Å². The molecule has 0 bridgehead atoms. The molecule has 5 nitrogen and oxygen atoms in total. The number of urea groups is 1. The van der Waals surface area contributed by atoms with E-state index in [9.17, 15) is 4.79 Å². The Bertz CT molecular complexity index is 269. The van der Waals surface area contributed by atoms with Crippen LogP contribution in [0.2, 0.25) is 0 Å². The topological polar surface area (TPSA) is 67.2 Å². The minimum absolute atomic E-state index is 0.284. The summed E-state index contributed by atoms with van der Waals surface area (Å²) < 4.78 is 4.76. The van der Waals surface area contributed by atoms with Crippen LogP contribution in [0, 0.1) is 6.92 Å². The van der Waals surface area contributed by atoms with Crippen LogP contribution in [-0.4, -0.2) is 17.7 Å². The second-order valence-electron chi connectivity index (χ2n) is 2.32. The summed E-state index contributed by atoms with van der Waals surface area (Å²) in [7, 11) is 0. The van der Waals surface area contributed by atoms with Crippen molar-refractivity contribution >= 4 is 11.9 Å². The van der Waals surface area contributed by atoms with Gasteiger partial charge in [0.15, 0.2) is 0 Å². The lowest BCUT2D eigenvalue weighted by Crippen LogP contribution is -2.27. The zero-order valence-electron chi connectivity index (χ0n) is 7.05. The fourth-order valence-corrected chi connectivity index (χ4v) is 0.739. The first kappa shape index (κ1) is 8.58. The fraction of sp³-hybridized carbons (Fsp3) is 0.429. The molecule has 0 aliphatic heterocycles. The van der Waals surface area contributed by atoms with Gasteiger partial charge in [0.25, 0.3) is 0 Å². The first-order valence-electron chi connectivity index (χ1n) is 3.70. The highest BCUT2D eigenvalue weighted by Crippen LogP contribution is 2.07. The summed E-state index contributed by atoms with van der Waals surface area (Å²) in [6.07, 6.45) is 0. The van der Waals surface area contributed by atoms with Crippen LogP contribution < -0.4 is 10.6 Å². The van der Waals surface area contributed by atoms with Gasteiger partial charge in [0.05, 0.1) is 5.69 Å². The molecule has 0 aromatic carbocycles. The van der Waals surface area contributed by atoms with E-state index in [1.54, 1.807) is 13.0 Å². The molecule has 0 saturated heterocycles. The number of hydrogen-bond donors (Lipinski definition) is 2. The maximum Gasteiger partial charge on any atom is 0.321 e. The average Bonchev–Trinajstić information content (AvgIpc) is 2.36. The third-order valence-electron chi connectivity index (χ3n) is 1.20. The summed E-state index contributed by atoms with van der Waals surface area (Å²) in [6, 6.07) is 1.36. The molecule has 0 aliphatic rings. The summed E-state index contributed by atoms with van der Waals surface area (Å²) in [6.45, 7) is 4.20. The first-order valence-corrected chi connectivity index (χ1v) is 3.70. The van der Waals surface area contributed by atoms with Gasteiger partial charge in [-0.25, -0.2) is 4.79 Å². The van der Waals surface area contributed by atoms with E-state index in [0.717, 1.165) is 5.69 Å². The molecular formula is C7H11N3O2. The molecule has 1 heterocycles. The highest BCUT2D eigenvalue weighted by molar-refractivity contribution is 5.87. The largest absolute Gasteiger partial charge is 0.338 e. The minimum atomic E-state index is -0.284. The zero-order valence-corrected chi connectivity index (χ0v) is 7.05. The third-order valence-corrected chi connectivity index (χ3v) is 1.20. The van der Waals surface area contributed by atoms with Crippen LogP contribution in [0.15, 0.2) is 10.6 Å². The number of amides is 2. The maximum atomic E-state index is 10.9. The van der Waals surface area contributed by atoms with Crippen molar-refractivity contribution < 1.29 is 9.32 Å². The van der Waals surface area contributed by atoms with Gasteiger partial charge in [-0.1, -0.05) is 5.16 Å². The number of anilines is 1. The van der Waals surface area contributed by atoms with Gasteiger partial charge in [0.1, 0.15) is 0 Å². The number of nitrogens with zero attached hydrogens (tertiary/aromatic N) is 1. The molecule has 66 valence electrons. The van der Waals surface area contributed by atoms with E-state index >= 15 is 0 Å². The van der Waals surface area contributed by atoms with Crippen LogP contribution in [-0.2, 0) is 0 Å². The predicted molar refractivity (Wildman–Crippen MR) is 43.9 cm³/mol. The van der Waals surface area contributed by atoms with Crippen molar-refractivity contribution in [1.82, 2.24) is 10.5 Å². The number of carbonyl (C=O) groups is 1. The Morgan fingerprint density at radius 1 is 1.75 bits per heavy atom. The second-order valence-corrected chi connectivity index (χ2v) is 2.32. The van der Waals surface area contributed by atoms with E-state index in [0.29, 0.717) is 12.4 Å². The molecule has 0 fully saturated rings. The molecule has 1 aromatic heterocycles. The van der Waals surface area contributed by atoms with Gasteiger partial charge in [-0.3, -0.25) is 5.32 Å². The molecule has 5 heteroatoms. The SMILES string of the molecule is CCNC(=O)Nc1cc(C)no1. The molecular weight excluding hydrogens is 158 g/mol. The van der Waals surface area contributed by atoms with Gasteiger partial charge in [0.2, 0.25) is 5.88 Å². The van der Waals surface area contributed by atoms with Crippen molar-refractivity contribution in [3.05, 3.63) is 11.8 Å². The summed E-state index contributed by atoms with van der Waals surface area (Å²) in [4.78, 5) is 10.9. The molecule has 0 radical (unpaired) electrons. The van der Waals surface area contributed by atoms with Crippen molar-refractivity contribution in [2.45, 2.75) is 13.8 Å². The van der Waals surface area contributed by atoms with Crippen LogP contribution in [0.4, 0.5) is 10.7 Å². The van der Waals surface area contributed by atoms with Crippen LogP contribution >= 0.6 is 0 Å². The molecule has 0 aliphatic carbocycles. The first-order chi connectivity index (χ1) is 5.72. The number of aryl methyl sites for hydroxylation is 1. The van der Waals surface area contributed by atoms with Crippen molar-refractivity contribution in [1.29, 1.82) is 0 Å². The second kappa shape index (κ2) is 3.75. The van der Waals surface area contributed by atoms with E-state index in [1.807, 2.05) is 6.92 Å². The van der Waals surface area contributed by atoms with E-state index in [4.69, 9.17) is 4.52 Å². The molecule has 0 saturated carbocycles. The molecule has 1 aromatic rings. The smallest absolute Gasteiger partial charge is 0.321 e. The van der Waals surface area contributed by atoms with Gasteiger partial charge in [-0.05, 0) is 13.8 Å². The Hall–Kier alpha value is -1.52. The van der Waals surface area contributed by atoms with Gasteiger partial charge in [-0.15, -0.1) is 0 Å². The highest BCUT2D eigenvalue weighted by Gasteiger charge is 2.03. The van der Waals surface area contributed by atoms with Crippen molar-refractivity contribution in [3.63, 3.8) is 0 Å². The Kier molecular flexibility index (Phi) is 2.68. The quantitative estimate of drug-likeness (QED) is 0.697. The number of hydrogen-bond acceptors (Lipinski definition) is 3. The van der Waals surface area contributed by atoms with Crippen molar-refractivity contribution in [2.24, 2.45) is 0 Å². The lowest BCUT2D eigenvalue weighted by atomic mass is 10.5. The molecule has 0 spiro atoms. The van der Waals surface area contributed by atoms with Gasteiger partial charge in [-0.2, -0.15) is 0 Å². The zero-order chi connectivity index (χ0) is 8.97. The maximum absolute atomic E-state index is 10.9. The molecule has 0 unspecified atom stereocenters. The predicted octanol–water partition coefficient (Wildman–Crippen LogP) is 1.12. The molecule has 12 heavy (non-hydrogen) atoms.